The van der Waals surface area contributed by atoms with Crippen LogP contribution >= 0.6 is 0 Å². The third kappa shape index (κ3) is 9.61. The van der Waals surface area contributed by atoms with Crippen LogP contribution in [-0.4, -0.2) is 64.2 Å². The summed E-state index contributed by atoms with van der Waals surface area (Å²) < 4.78 is 9.88. The van der Waals surface area contributed by atoms with Gasteiger partial charge in [0.25, 0.3) is 0 Å². The first-order chi connectivity index (χ1) is 7.20. The van der Waals surface area contributed by atoms with E-state index in [-0.39, 0.29) is 19.1 Å². The number of nitrogens with one attached hydrogen (secondary N) is 2. The van der Waals surface area contributed by atoms with Crippen molar-refractivity contribution in [2.75, 3.05) is 47.1 Å². The van der Waals surface area contributed by atoms with Gasteiger partial charge in [-0.25, -0.2) is 0 Å². The maximum absolute atomic E-state index is 10.8. The summed E-state index contributed by atoms with van der Waals surface area (Å²) in [5.41, 5.74) is 0. The third-order valence-electron chi connectivity index (χ3n) is 1.69. The number of rotatable bonds is 9. The quantitative estimate of drug-likeness (QED) is 0.406. The molecule has 0 fully saturated rings. The Hall–Kier alpha value is -0.690. The molecule has 1 amide bonds. The molecule has 0 aliphatic carbocycles. The normalized spacial score (nSPS) is 12.5. The summed E-state index contributed by atoms with van der Waals surface area (Å²) >= 11 is 0. The number of aliphatic hydroxyl groups is 1. The van der Waals surface area contributed by atoms with Crippen molar-refractivity contribution in [3.8, 4) is 0 Å². The Kier molecular flexibility index (Phi) is 9.40. The summed E-state index contributed by atoms with van der Waals surface area (Å²) in [7, 11) is 3.15. The summed E-state index contributed by atoms with van der Waals surface area (Å²) in [5, 5.41) is 14.6. The monoisotopic (exact) mass is 220 g/mol. The minimum absolute atomic E-state index is 0.109. The van der Waals surface area contributed by atoms with Crippen LogP contribution in [0.5, 0.6) is 0 Å². The van der Waals surface area contributed by atoms with Crippen LogP contribution in [0.25, 0.3) is 0 Å². The molecule has 6 nitrogen and oxygen atoms in total. The Morgan fingerprint density at radius 2 is 2.20 bits per heavy atom. The molecule has 0 aromatic heterocycles. The molecule has 6 heteroatoms. The lowest BCUT2D eigenvalue weighted by Crippen LogP contribution is -2.37. The molecule has 0 aromatic rings. The second-order valence-electron chi connectivity index (χ2n) is 3.03. The molecule has 0 saturated carbocycles. The van der Waals surface area contributed by atoms with Gasteiger partial charge in [-0.05, 0) is 0 Å². The van der Waals surface area contributed by atoms with E-state index in [0.29, 0.717) is 19.8 Å². The fraction of sp³-hybridized carbons (Fsp3) is 0.889. The smallest absolute Gasteiger partial charge is 0.233 e. The van der Waals surface area contributed by atoms with E-state index in [1.165, 1.54) is 0 Å². The predicted molar refractivity (Wildman–Crippen MR) is 55.6 cm³/mol. The number of hydrogen-bond donors (Lipinski definition) is 3. The van der Waals surface area contributed by atoms with Crippen LogP contribution in [-0.2, 0) is 14.3 Å². The Morgan fingerprint density at radius 3 is 2.80 bits per heavy atom. The molecule has 0 spiro atoms. The largest absolute Gasteiger partial charge is 0.389 e. The lowest BCUT2D eigenvalue weighted by molar-refractivity contribution is -0.119. The van der Waals surface area contributed by atoms with E-state index in [2.05, 4.69) is 10.6 Å². The van der Waals surface area contributed by atoms with E-state index in [0.717, 1.165) is 0 Å². The molecule has 0 bridgehead atoms. The number of carbonyl (C=O) groups is 1. The zero-order valence-corrected chi connectivity index (χ0v) is 9.28. The van der Waals surface area contributed by atoms with Crippen molar-refractivity contribution in [3.63, 3.8) is 0 Å². The molecule has 0 aliphatic rings. The lowest BCUT2D eigenvalue weighted by Gasteiger charge is -2.11. The zero-order valence-electron chi connectivity index (χ0n) is 9.28. The van der Waals surface area contributed by atoms with E-state index >= 15 is 0 Å². The molecular formula is C9H20N2O4. The Morgan fingerprint density at radius 1 is 1.47 bits per heavy atom. The highest BCUT2D eigenvalue weighted by Gasteiger charge is 2.04. The van der Waals surface area contributed by atoms with E-state index in [4.69, 9.17) is 9.47 Å². The van der Waals surface area contributed by atoms with Crippen molar-refractivity contribution in [2.45, 2.75) is 6.10 Å². The van der Waals surface area contributed by atoms with Crippen LogP contribution in [0.15, 0.2) is 0 Å². The molecule has 15 heavy (non-hydrogen) atoms. The maximum atomic E-state index is 10.8. The lowest BCUT2D eigenvalue weighted by atomic mass is 10.4. The standard InChI is InChI=1S/C9H20N2O4/c1-10-9(13)6-11-5-8(12)7-15-4-3-14-2/h8,11-12H,3-7H2,1-2H3,(H,10,13). The Balaban J connectivity index is 3.25. The van der Waals surface area contributed by atoms with Crippen molar-refractivity contribution in [1.29, 1.82) is 0 Å². The van der Waals surface area contributed by atoms with Gasteiger partial charge in [0.2, 0.25) is 5.91 Å². The predicted octanol–water partition coefficient (Wildman–Crippen LogP) is -1.65. The molecule has 0 rings (SSSR count). The summed E-state index contributed by atoms with van der Waals surface area (Å²) in [6, 6.07) is 0. The van der Waals surface area contributed by atoms with Crippen LogP contribution < -0.4 is 10.6 Å². The number of aliphatic hydroxyl groups excluding tert-OH is 1. The molecule has 0 radical (unpaired) electrons. The maximum Gasteiger partial charge on any atom is 0.233 e. The van der Waals surface area contributed by atoms with Gasteiger partial charge in [-0.15, -0.1) is 0 Å². The van der Waals surface area contributed by atoms with Gasteiger partial charge in [-0.3, -0.25) is 4.79 Å². The number of methoxy groups -OCH3 is 1. The molecule has 0 heterocycles. The first kappa shape index (κ1) is 14.3. The fourth-order valence-corrected chi connectivity index (χ4v) is 0.861. The van der Waals surface area contributed by atoms with Crippen LogP contribution in [0.1, 0.15) is 0 Å². The summed E-state index contributed by atoms with van der Waals surface area (Å²) in [6.45, 7) is 1.75. The number of hydrogen-bond acceptors (Lipinski definition) is 5. The van der Waals surface area contributed by atoms with Crippen molar-refractivity contribution in [2.24, 2.45) is 0 Å². The molecule has 1 unspecified atom stereocenters. The number of likely N-dealkylation sites (N-methyl/N-ethyl adjacent to an activating group) is 1. The van der Waals surface area contributed by atoms with Crippen molar-refractivity contribution in [1.82, 2.24) is 10.6 Å². The SMILES string of the molecule is CNC(=O)CNCC(O)COCCOC. The number of amides is 1. The summed E-state index contributed by atoms with van der Waals surface area (Å²) in [5.74, 6) is -0.109. The van der Waals surface area contributed by atoms with E-state index < -0.39 is 6.10 Å². The van der Waals surface area contributed by atoms with Crippen LogP contribution in [0, 0.1) is 0 Å². The van der Waals surface area contributed by atoms with Gasteiger partial charge >= 0.3 is 0 Å². The van der Waals surface area contributed by atoms with Gasteiger partial charge in [0.05, 0.1) is 32.5 Å². The molecule has 0 aliphatic heterocycles. The average molecular weight is 220 g/mol. The van der Waals surface area contributed by atoms with Gasteiger partial charge in [0.15, 0.2) is 0 Å². The second kappa shape index (κ2) is 9.85. The summed E-state index contributed by atoms with van der Waals surface area (Å²) in [6.07, 6.45) is -0.605. The number of ether oxygens (including phenoxy) is 2. The van der Waals surface area contributed by atoms with E-state index in [1.54, 1.807) is 14.2 Å². The third-order valence-corrected chi connectivity index (χ3v) is 1.69. The van der Waals surface area contributed by atoms with Gasteiger partial charge in [-0.2, -0.15) is 0 Å². The second-order valence-corrected chi connectivity index (χ2v) is 3.03. The Labute approximate surface area is 89.9 Å². The van der Waals surface area contributed by atoms with Gasteiger partial charge < -0.3 is 25.2 Å². The highest BCUT2D eigenvalue weighted by Crippen LogP contribution is 1.84. The Bertz CT molecular complexity index is 166. The molecule has 0 saturated heterocycles. The fourth-order valence-electron chi connectivity index (χ4n) is 0.861. The molecule has 90 valence electrons. The van der Waals surface area contributed by atoms with Gasteiger partial charge in [-0.1, -0.05) is 0 Å². The molecule has 1 atom stereocenters. The molecular weight excluding hydrogens is 200 g/mol. The highest BCUT2D eigenvalue weighted by molar-refractivity contribution is 5.77. The minimum atomic E-state index is -0.605. The average Bonchev–Trinajstić information content (AvgIpc) is 2.24. The van der Waals surface area contributed by atoms with Crippen LogP contribution in [0.3, 0.4) is 0 Å². The topological polar surface area (TPSA) is 79.8 Å². The van der Waals surface area contributed by atoms with E-state index in [1.807, 2.05) is 0 Å². The first-order valence-corrected chi connectivity index (χ1v) is 4.86. The minimum Gasteiger partial charge on any atom is -0.389 e. The van der Waals surface area contributed by atoms with Crippen LogP contribution in [0.4, 0.5) is 0 Å². The number of carbonyl (C=O) groups excluding carboxylic acids is 1. The van der Waals surface area contributed by atoms with Crippen molar-refractivity contribution < 1.29 is 19.4 Å². The van der Waals surface area contributed by atoms with Gasteiger partial charge in [0, 0.05) is 20.7 Å². The first-order valence-electron chi connectivity index (χ1n) is 4.86. The van der Waals surface area contributed by atoms with Crippen molar-refractivity contribution in [3.05, 3.63) is 0 Å². The zero-order chi connectivity index (χ0) is 11.5. The van der Waals surface area contributed by atoms with Gasteiger partial charge in [0.1, 0.15) is 0 Å². The molecule has 3 N–H and O–H groups in total. The van der Waals surface area contributed by atoms with E-state index in [9.17, 15) is 9.90 Å². The summed E-state index contributed by atoms with van der Waals surface area (Å²) in [4.78, 5) is 10.8. The highest BCUT2D eigenvalue weighted by atomic mass is 16.5. The molecule has 0 aromatic carbocycles. The van der Waals surface area contributed by atoms with Crippen molar-refractivity contribution >= 4 is 5.91 Å². The van der Waals surface area contributed by atoms with Crippen LogP contribution in [0.2, 0.25) is 0 Å².